The van der Waals surface area contributed by atoms with Gasteiger partial charge in [-0.15, -0.1) is 6.58 Å². The highest BCUT2D eigenvalue weighted by Gasteiger charge is 2.29. The van der Waals surface area contributed by atoms with Crippen LogP contribution >= 0.6 is 0 Å². The van der Waals surface area contributed by atoms with Gasteiger partial charge in [-0.05, 0) is 68.7 Å². The Labute approximate surface area is 237 Å². The maximum absolute atomic E-state index is 14.2. The molecule has 0 radical (unpaired) electrons. The predicted molar refractivity (Wildman–Crippen MR) is 155 cm³/mol. The van der Waals surface area contributed by atoms with Gasteiger partial charge in [0.1, 0.15) is 5.69 Å². The number of hydroxylamine groups is 2. The minimum atomic E-state index is -0.544. The lowest BCUT2D eigenvalue weighted by Gasteiger charge is -2.29. The first-order chi connectivity index (χ1) is 19.2. The summed E-state index contributed by atoms with van der Waals surface area (Å²) in [6.45, 7) is 10.8. The number of halogens is 1. The van der Waals surface area contributed by atoms with Crippen LogP contribution < -0.4 is 10.6 Å². The number of hydrogen-bond acceptors (Lipinski definition) is 5. The molecule has 2 aliphatic rings. The summed E-state index contributed by atoms with van der Waals surface area (Å²) >= 11 is 0. The molecular formula is C31H44FN5O3. The largest absolute Gasteiger partial charge is 0.347 e. The Hall–Kier alpha value is -3.46. The SMILES string of the molecule is C=CCN(OC)/C(C)=C(\CC)[C@@H]1C=CC(NC(=O)CC(NC(=O)c2ccnn2C)C2C=C(F)CCC2)=CCC1C. The average Bonchev–Trinajstić information content (AvgIpc) is 3.29. The number of carbonyl (C=O) groups excluding carboxylic acids is 2. The molecule has 3 unspecified atom stereocenters. The Morgan fingerprint density at radius 3 is 2.80 bits per heavy atom. The van der Waals surface area contributed by atoms with Crippen LogP contribution in [0.2, 0.25) is 0 Å². The Morgan fingerprint density at radius 2 is 2.17 bits per heavy atom. The molecule has 0 aliphatic heterocycles. The maximum atomic E-state index is 14.2. The highest BCUT2D eigenvalue weighted by Crippen LogP contribution is 2.33. The van der Waals surface area contributed by atoms with Crippen molar-refractivity contribution in [3.8, 4) is 0 Å². The van der Waals surface area contributed by atoms with E-state index in [0.29, 0.717) is 37.4 Å². The average molecular weight is 554 g/mol. The Bertz CT molecular complexity index is 1180. The normalized spacial score (nSPS) is 22.3. The van der Waals surface area contributed by atoms with E-state index in [2.05, 4.69) is 49.2 Å². The van der Waals surface area contributed by atoms with Gasteiger partial charge >= 0.3 is 0 Å². The fourth-order valence-electron chi connectivity index (χ4n) is 5.62. The van der Waals surface area contributed by atoms with Crippen LogP contribution in [0.15, 0.2) is 72.0 Å². The Balaban J connectivity index is 1.75. The van der Waals surface area contributed by atoms with E-state index in [1.165, 1.54) is 10.3 Å². The molecule has 218 valence electrons. The van der Waals surface area contributed by atoms with E-state index in [1.54, 1.807) is 32.5 Å². The quantitative estimate of drug-likeness (QED) is 0.263. The van der Waals surface area contributed by atoms with Crippen LogP contribution in [0, 0.1) is 17.8 Å². The first-order valence-electron chi connectivity index (χ1n) is 14.1. The highest BCUT2D eigenvalue weighted by molar-refractivity contribution is 5.93. The van der Waals surface area contributed by atoms with Gasteiger partial charge in [0.2, 0.25) is 5.91 Å². The van der Waals surface area contributed by atoms with E-state index in [-0.39, 0.29) is 35.9 Å². The molecule has 2 aliphatic carbocycles. The van der Waals surface area contributed by atoms with E-state index in [1.807, 2.05) is 23.3 Å². The fraction of sp³-hybridized carbons (Fsp3) is 0.516. The molecule has 0 aromatic carbocycles. The minimum absolute atomic E-state index is 0.0335. The molecule has 1 aromatic heterocycles. The van der Waals surface area contributed by atoms with E-state index in [9.17, 15) is 14.0 Å². The molecule has 2 N–H and O–H groups in total. The van der Waals surface area contributed by atoms with Crippen LogP contribution in [0.25, 0.3) is 0 Å². The van der Waals surface area contributed by atoms with Gasteiger partial charge in [0.25, 0.3) is 5.91 Å². The zero-order chi connectivity index (χ0) is 29.2. The van der Waals surface area contributed by atoms with Crippen LogP contribution in [-0.2, 0) is 16.7 Å². The van der Waals surface area contributed by atoms with Gasteiger partial charge in [0, 0.05) is 48.9 Å². The van der Waals surface area contributed by atoms with Gasteiger partial charge in [-0.1, -0.05) is 32.1 Å². The maximum Gasteiger partial charge on any atom is 0.269 e. The molecule has 0 spiro atoms. The molecule has 9 heteroatoms. The van der Waals surface area contributed by atoms with Crippen molar-refractivity contribution in [1.29, 1.82) is 0 Å². The van der Waals surface area contributed by atoms with Gasteiger partial charge in [-0.2, -0.15) is 5.10 Å². The third-order valence-corrected chi connectivity index (χ3v) is 7.87. The topological polar surface area (TPSA) is 88.5 Å². The van der Waals surface area contributed by atoms with E-state index >= 15 is 0 Å². The van der Waals surface area contributed by atoms with Gasteiger partial charge in [0.05, 0.1) is 19.5 Å². The molecule has 40 heavy (non-hydrogen) atoms. The number of allylic oxidation sites excluding steroid dienone is 6. The minimum Gasteiger partial charge on any atom is -0.347 e. The van der Waals surface area contributed by atoms with Gasteiger partial charge in [-0.25, -0.2) is 4.39 Å². The second kappa shape index (κ2) is 14.8. The molecule has 4 atom stereocenters. The molecule has 0 saturated heterocycles. The van der Waals surface area contributed by atoms with Crippen molar-refractivity contribution in [2.45, 2.75) is 65.3 Å². The molecule has 0 saturated carbocycles. The standard InChI is InChI=1S/C31H44FN5O3/c1-7-18-37(40-6)22(4)26(8-2)27-15-14-25(13-12-21(27)3)34-30(38)20-28(23-10-9-11-24(32)19-23)35-31(39)29-16-17-33-36(29)5/h7,13-17,19,21,23,27-28H,1,8-12,18,20H2,2-6H3,(H,34,38)(H,35,39)/b26-22+/t21?,23?,27-,28?/m1/s1. The van der Waals surface area contributed by atoms with Crippen LogP contribution in [-0.4, -0.2) is 46.4 Å². The number of aryl methyl sites for hydroxylation is 1. The molecule has 1 aromatic rings. The molecule has 8 nitrogen and oxygen atoms in total. The number of nitrogens with one attached hydrogen (secondary N) is 2. The lowest BCUT2D eigenvalue weighted by atomic mass is 9.83. The lowest BCUT2D eigenvalue weighted by molar-refractivity contribution is -0.121. The number of amides is 2. The lowest BCUT2D eigenvalue weighted by Crippen LogP contribution is -2.44. The van der Waals surface area contributed by atoms with E-state index < -0.39 is 6.04 Å². The Kier molecular flexibility index (Phi) is 11.5. The van der Waals surface area contributed by atoms with Crippen molar-refractivity contribution in [2.24, 2.45) is 24.8 Å². The second-order valence-corrected chi connectivity index (χ2v) is 10.6. The van der Waals surface area contributed by atoms with Crippen molar-refractivity contribution in [2.75, 3.05) is 13.7 Å². The second-order valence-electron chi connectivity index (χ2n) is 10.6. The zero-order valence-corrected chi connectivity index (χ0v) is 24.5. The summed E-state index contributed by atoms with van der Waals surface area (Å²) < 4.78 is 15.6. The monoisotopic (exact) mass is 553 g/mol. The molecule has 0 bridgehead atoms. The van der Waals surface area contributed by atoms with Crippen molar-refractivity contribution in [3.63, 3.8) is 0 Å². The zero-order valence-electron chi connectivity index (χ0n) is 24.5. The number of carbonyl (C=O) groups is 2. The van der Waals surface area contributed by atoms with Crippen LogP contribution in [0.1, 0.15) is 69.8 Å². The molecule has 1 heterocycles. The smallest absolute Gasteiger partial charge is 0.269 e. The highest BCUT2D eigenvalue weighted by atomic mass is 19.1. The third kappa shape index (κ3) is 8.03. The third-order valence-electron chi connectivity index (χ3n) is 7.87. The van der Waals surface area contributed by atoms with Crippen LogP contribution in [0.4, 0.5) is 4.39 Å². The predicted octanol–water partition coefficient (Wildman–Crippen LogP) is 5.51. The van der Waals surface area contributed by atoms with Crippen molar-refractivity contribution >= 4 is 11.8 Å². The first kappa shape index (κ1) is 31.1. The number of hydrogen-bond donors (Lipinski definition) is 2. The summed E-state index contributed by atoms with van der Waals surface area (Å²) in [7, 11) is 3.34. The van der Waals surface area contributed by atoms with Crippen molar-refractivity contribution in [3.05, 3.63) is 77.7 Å². The van der Waals surface area contributed by atoms with E-state index in [4.69, 9.17) is 4.84 Å². The number of aromatic nitrogens is 2. The number of rotatable bonds is 12. The van der Waals surface area contributed by atoms with E-state index in [0.717, 1.165) is 24.2 Å². The summed E-state index contributed by atoms with van der Waals surface area (Å²) in [5, 5.41) is 11.9. The van der Waals surface area contributed by atoms with Gasteiger partial charge in [0.15, 0.2) is 0 Å². The molecular weight excluding hydrogens is 509 g/mol. The summed E-state index contributed by atoms with van der Waals surface area (Å²) in [4.78, 5) is 31.8. The summed E-state index contributed by atoms with van der Waals surface area (Å²) in [5.74, 6) is -0.520. The van der Waals surface area contributed by atoms with Crippen molar-refractivity contribution < 1.29 is 18.8 Å². The van der Waals surface area contributed by atoms with Gasteiger partial charge in [-0.3, -0.25) is 24.2 Å². The fourth-order valence-corrected chi connectivity index (χ4v) is 5.62. The van der Waals surface area contributed by atoms with Crippen molar-refractivity contribution in [1.82, 2.24) is 25.5 Å². The Morgan fingerprint density at radius 1 is 1.40 bits per heavy atom. The molecule has 3 rings (SSSR count). The van der Waals surface area contributed by atoms with Gasteiger partial charge < -0.3 is 10.6 Å². The first-order valence-corrected chi connectivity index (χ1v) is 14.1. The number of nitrogens with zero attached hydrogens (tertiary/aromatic N) is 3. The molecule has 0 fully saturated rings. The van der Waals surface area contributed by atoms with Crippen LogP contribution in [0.5, 0.6) is 0 Å². The summed E-state index contributed by atoms with van der Waals surface area (Å²) in [5.41, 5.74) is 3.45. The van der Waals surface area contributed by atoms with Crippen LogP contribution in [0.3, 0.4) is 0 Å². The summed E-state index contributed by atoms with van der Waals surface area (Å²) in [6.07, 6.45) is 14.5. The summed E-state index contributed by atoms with van der Waals surface area (Å²) in [6, 6.07) is 1.07. The molecule has 2 amide bonds.